The molecule has 4 heteroatoms. The van der Waals surface area contributed by atoms with Gasteiger partial charge in [-0.15, -0.1) is 0 Å². The van der Waals surface area contributed by atoms with E-state index in [1.54, 1.807) is 6.33 Å². The SMILES string of the molecule is CCOC(=O)C(C)Cn1cnc2ccccc21. The quantitative estimate of drug-likeness (QED) is 0.759. The molecule has 0 N–H and O–H groups in total. The van der Waals surface area contributed by atoms with Gasteiger partial charge in [0.15, 0.2) is 0 Å². The Morgan fingerprint density at radius 3 is 3.00 bits per heavy atom. The van der Waals surface area contributed by atoms with Crippen LogP contribution in [-0.2, 0) is 16.1 Å². The Morgan fingerprint density at radius 2 is 2.24 bits per heavy atom. The molecule has 0 spiro atoms. The van der Waals surface area contributed by atoms with E-state index in [4.69, 9.17) is 4.74 Å². The number of hydrogen-bond donors (Lipinski definition) is 0. The number of para-hydroxylation sites is 2. The van der Waals surface area contributed by atoms with Gasteiger partial charge in [-0.3, -0.25) is 4.79 Å². The van der Waals surface area contributed by atoms with E-state index in [1.807, 2.05) is 42.7 Å². The van der Waals surface area contributed by atoms with Gasteiger partial charge in [-0.05, 0) is 19.1 Å². The third-order valence-electron chi connectivity index (χ3n) is 2.69. The predicted molar refractivity (Wildman–Crippen MR) is 65.5 cm³/mol. The van der Waals surface area contributed by atoms with Gasteiger partial charge in [0.05, 0.1) is 29.9 Å². The fourth-order valence-corrected chi connectivity index (χ4v) is 1.81. The number of esters is 1. The average molecular weight is 232 g/mol. The number of rotatable bonds is 4. The second-order valence-electron chi connectivity index (χ2n) is 4.04. The Labute approximate surface area is 100 Å². The van der Waals surface area contributed by atoms with Gasteiger partial charge in [0.2, 0.25) is 0 Å². The highest BCUT2D eigenvalue weighted by molar-refractivity contribution is 5.76. The molecule has 0 saturated heterocycles. The van der Waals surface area contributed by atoms with Crippen molar-refractivity contribution in [3.63, 3.8) is 0 Å². The Morgan fingerprint density at radius 1 is 1.47 bits per heavy atom. The second kappa shape index (κ2) is 4.99. The highest BCUT2D eigenvalue weighted by Gasteiger charge is 2.15. The fraction of sp³-hybridized carbons (Fsp3) is 0.385. The number of ether oxygens (including phenoxy) is 1. The summed E-state index contributed by atoms with van der Waals surface area (Å²) < 4.78 is 6.97. The first-order chi connectivity index (χ1) is 8.22. The Bertz CT molecular complexity index is 519. The third-order valence-corrected chi connectivity index (χ3v) is 2.69. The van der Waals surface area contributed by atoms with Gasteiger partial charge in [0.1, 0.15) is 0 Å². The molecule has 1 heterocycles. The fourth-order valence-electron chi connectivity index (χ4n) is 1.81. The van der Waals surface area contributed by atoms with Gasteiger partial charge in [-0.1, -0.05) is 19.1 Å². The molecule has 17 heavy (non-hydrogen) atoms. The lowest BCUT2D eigenvalue weighted by Crippen LogP contribution is -2.19. The molecule has 0 fully saturated rings. The largest absolute Gasteiger partial charge is 0.466 e. The van der Waals surface area contributed by atoms with E-state index in [9.17, 15) is 4.79 Å². The summed E-state index contributed by atoms with van der Waals surface area (Å²) in [5.41, 5.74) is 1.99. The normalized spacial score (nSPS) is 12.6. The van der Waals surface area contributed by atoms with Crippen molar-refractivity contribution >= 4 is 17.0 Å². The van der Waals surface area contributed by atoms with E-state index >= 15 is 0 Å². The monoisotopic (exact) mass is 232 g/mol. The molecule has 1 aromatic heterocycles. The van der Waals surface area contributed by atoms with Crippen molar-refractivity contribution in [3.05, 3.63) is 30.6 Å². The second-order valence-corrected chi connectivity index (χ2v) is 4.04. The summed E-state index contributed by atoms with van der Waals surface area (Å²) in [5, 5.41) is 0. The maximum Gasteiger partial charge on any atom is 0.310 e. The molecule has 0 radical (unpaired) electrons. The number of nitrogens with zero attached hydrogens (tertiary/aromatic N) is 2. The molecule has 1 unspecified atom stereocenters. The number of imidazole rings is 1. The lowest BCUT2D eigenvalue weighted by atomic mass is 10.2. The summed E-state index contributed by atoms with van der Waals surface area (Å²) in [6.07, 6.45) is 1.76. The van der Waals surface area contributed by atoms with Gasteiger partial charge < -0.3 is 9.30 Å². The van der Waals surface area contributed by atoms with Crippen LogP contribution in [0, 0.1) is 5.92 Å². The summed E-state index contributed by atoms with van der Waals surface area (Å²) in [4.78, 5) is 15.8. The van der Waals surface area contributed by atoms with Crippen LogP contribution >= 0.6 is 0 Å². The van der Waals surface area contributed by atoms with Crippen molar-refractivity contribution in [3.8, 4) is 0 Å². The topological polar surface area (TPSA) is 44.1 Å². The molecule has 0 bridgehead atoms. The van der Waals surface area contributed by atoms with Gasteiger partial charge in [-0.25, -0.2) is 4.98 Å². The molecule has 4 nitrogen and oxygen atoms in total. The number of fused-ring (bicyclic) bond motifs is 1. The van der Waals surface area contributed by atoms with Gasteiger partial charge >= 0.3 is 5.97 Å². The lowest BCUT2D eigenvalue weighted by molar-refractivity contribution is -0.147. The van der Waals surface area contributed by atoms with Crippen molar-refractivity contribution < 1.29 is 9.53 Å². The number of carbonyl (C=O) groups excluding carboxylic acids is 1. The Hall–Kier alpha value is -1.84. The van der Waals surface area contributed by atoms with Crippen LogP contribution in [0.2, 0.25) is 0 Å². The molecule has 0 amide bonds. The average Bonchev–Trinajstić information content (AvgIpc) is 2.73. The summed E-state index contributed by atoms with van der Waals surface area (Å²) in [5.74, 6) is -0.321. The van der Waals surface area contributed by atoms with Gasteiger partial charge in [0.25, 0.3) is 0 Å². The van der Waals surface area contributed by atoms with Gasteiger partial charge in [0, 0.05) is 6.54 Å². The van der Waals surface area contributed by atoms with Crippen LogP contribution in [0.15, 0.2) is 30.6 Å². The summed E-state index contributed by atoms with van der Waals surface area (Å²) in [7, 11) is 0. The molecule has 1 aromatic carbocycles. The minimum atomic E-state index is -0.162. The molecule has 0 aliphatic carbocycles. The lowest BCUT2D eigenvalue weighted by Gasteiger charge is -2.11. The van der Waals surface area contributed by atoms with Crippen LogP contribution in [0.5, 0.6) is 0 Å². The molecule has 2 aromatic rings. The van der Waals surface area contributed by atoms with E-state index < -0.39 is 0 Å². The van der Waals surface area contributed by atoms with E-state index in [0.29, 0.717) is 13.2 Å². The molecular formula is C13H16N2O2. The maximum atomic E-state index is 11.5. The molecule has 0 aliphatic heterocycles. The van der Waals surface area contributed by atoms with E-state index in [1.165, 1.54) is 0 Å². The predicted octanol–water partition coefficient (Wildman–Crippen LogP) is 2.24. The molecule has 0 aliphatic rings. The maximum absolute atomic E-state index is 11.5. The zero-order valence-corrected chi connectivity index (χ0v) is 10.1. The van der Waals surface area contributed by atoms with Crippen molar-refractivity contribution in [2.45, 2.75) is 20.4 Å². The highest BCUT2D eigenvalue weighted by atomic mass is 16.5. The van der Waals surface area contributed by atoms with Crippen molar-refractivity contribution in [1.29, 1.82) is 0 Å². The minimum absolute atomic E-state index is 0.160. The van der Waals surface area contributed by atoms with Crippen LogP contribution in [-0.4, -0.2) is 22.1 Å². The number of benzene rings is 1. The smallest absolute Gasteiger partial charge is 0.310 e. The summed E-state index contributed by atoms with van der Waals surface area (Å²) >= 11 is 0. The van der Waals surface area contributed by atoms with Crippen molar-refractivity contribution in [2.24, 2.45) is 5.92 Å². The van der Waals surface area contributed by atoms with E-state index in [-0.39, 0.29) is 11.9 Å². The first-order valence-electron chi connectivity index (χ1n) is 5.79. The molecule has 2 rings (SSSR count). The first-order valence-corrected chi connectivity index (χ1v) is 5.79. The van der Waals surface area contributed by atoms with Crippen molar-refractivity contribution in [1.82, 2.24) is 9.55 Å². The highest BCUT2D eigenvalue weighted by Crippen LogP contribution is 2.14. The van der Waals surface area contributed by atoms with Crippen LogP contribution in [0.1, 0.15) is 13.8 Å². The molecular weight excluding hydrogens is 216 g/mol. The van der Waals surface area contributed by atoms with Gasteiger partial charge in [-0.2, -0.15) is 0 Å². The summed E-state index contributed by atoms with van der Waals surface area (Å²) in [6, 6.07) is 7.88. The third kappa shape index (κ3) is 2.46. The molecule has 1 atom stereocenters. The standard InChI is InChI=1S/C13H16N2O2/c1-3-17-13(16)10(2)8-15-9-14-11-6-4-5-7-12(11)15/h4-7,9-10H,3,8H2,1-2H3. The minimum Gasteiger partial charge on any atom is -0.466 e. The van der Waals surface area contributed by atoms with Crippen LogP contribution in [0.25, 0.3) is 11.0 Å². The summed E-state index contributed by atoms with van der Waals surface area (Å²) in [6.45, 7) is 4.71. The number of carbonyl (C=O) groups is 1. The number of aromatic nitrogens is 2. The van der Waals surface area contributed by atoms with Crippen LogP contribution < -0.4 is 0 Å². The first kappa shape index (κ1) is 11.6. The zero-order chi connectivity index (χ0) is 12.3. The Balaban J connectivity index is 2.16. The Kier molecular flexibility index (Phi) is 3.42. The zero-order valence-electron chi connectivity index (χ0n) is 10.1. The van der Waals surface area contributed by atoms with Crippen LogP contribution in [0.4, 0.5) is 0 Å². The van der Waals surface area contributed by atoms with Crippen LogP contribution in [0.3, 0.4) is 0 Å². The van der Waals surface area contributed by atoms with Crippen molar-refractivity contribution in [2.75, 3.05) is 6.61 Å². The molecule has 0 saturated carbocycles. The number of hydrogen-bond acceptors (Lipinski definition) is 3. The molecule has 90 valence electrons. The van der Waals surface area contributed by atoms with E-state index in [2.05, 4.69) is 4.98 Å². The van der Waals surface area contributed by atoms with E-state index in [0.717, 1.165) is 11.0 Å².